The van der Waals surface area contributed by atoms with Crippen molar-refractivity contribution in [2.24, 2.45) is 0 Å². The number of carbonyl (C=O) groups excluding carboxylic acids is 1. The largest absolute Gasteiger partial charge is 0.338 e. The maximum Gasteiger partial charge on any atom is 0.319 e. The number of hydrogen-bond donors (Lipinski definition) is 2. The van der Waals surface area contributed by atoms with Gasteiger partial charge in [0.15, 0.2) is 0 Å². The van der Waals surface area contributed by atoms with Crippen molar-refractivity contribution in [1.29, 1.82) is 0 Å². The molecule has 0 aliphatic carbocycles. The standard InChI is InChI=1S/C12H15ClN2O/c1-3-4-7-14-12(16)15-10-6-5-9(2)11(13)8-10/h3,5-6,8H,1,4,7H2,2H3,(H2,14,15,16). The zero-order valence-electron chi connectivity index (χ0n) is 9.22. The Kier molecular flexibility index (Phi) is 4.86. The Balaban J connectivity index is 2.49. The Labute approximate surface area is 100 Å². The molecule has 0 unspecified atom stereocenters. The number of halogens is 1. The van der Waals surface area contributed by atoms with Crippen LogP contribution in [0.2, 0.25) is 5.02 Å². The summed E-state index contributed by atoms with van der Waals surface area (Å²) in [7, 11) is 0. The summed E-state index contributed by atoms with van der Waals surface area (Å²) in [5.74, 6) is 0. The smallest absolute Gasteiger partial charge is 0.319 e. The van der Waals surface area contributed by atoms with E-state index in [1.807, 2.05) is 19.1 Å². The first-order valence-electron chi connectivity index (χ1n) is 5.05. The molecule has 0 atom stereocenters. The fourth-order valence-corrected chi connectivity index (χ4v) is 1.31. The van der Waals surface area contributed by atoms with Crippen LogP contribution in [0.5, 0.6) is 0 Å². The third-order valence-corrected chi connectivity index (χ3v) is 2.47. The molecule has 1 rings (SSSR count). The minimum absolute atomic E-state index is 0.234. The second kappa shape index (κ2) is 6.18. The highest BCUT2D eigenvalue weighted by Crippen LogP contribution is 2.19. The van der Waals surface area contributed by atoms with Crippen LogP contribution >= 0.6 is 11.6 Å². The van der Waals surface area contributed by atoms with Gasteiger partial charge in [0.05, 0.1) is 0 Å². The minimum Gasteiger partial charge on any atom is -0.338 e. The van der Waals surface area contributed by atoms with Gasteiger partial charge in [-0.25, -0.2) is 4.79 Å². The predicted molar refractivity (Wildman–Crippen MR) is 68.0 cm³/mol. The van der Waals surface area contributed by atoms with E-state index >= 15 is 0 Å². The lowest BCUT2D eigenvalue weighted by molar-refractivity contribution is 0.252. The van der Waals surface area contributed by atoms with E-state index in [9.17, 15) is 4.79 Å². The lowest BCUT2D eigenvalue weighted by Gasteiger charge is -2.07. The first-order chi connectivity index (χ1) is 7.63. The van der Waals surface area contributed by atoms with Gasteiger partial charge in [-0.1, -0.05) is 23.7 Å². The van der Waals surface area contributed by atoms with Crippen LogP contribution < -0.4 is 10.6 Å². The summed E-state index contributed by atoms with van der Waals surface area (Å²) in [6, 6.07) is 5.17. The van der Waals surface area contributed by atoms with Crippen LogP contribution in [-0.4, -0.2) is 12.6 Å². The number of carbonyl (C=O) groups is 1. The number of urea groups is 1. The van der Waals surface area contributed by atoms with Gasteiger partial charge >= 0.3 is 6.03 Å². The molecule has 0 spiro atoms. The number of rotatable bonds is 4. The average molecular weight is 239 g/mol. The Morgan fingerprint density at radius 1 is 1.56 bits per heavy atom. The molecule has 0 aromatic heterocycles. The molecule has 2 amide bonds. The van der Waals surface area contributed by atoms with E-state index < -0.39 is 0 Å². The lowest BCUT2D eigenvalue weighted by atomic mass is 10.2. The third-order valence-electron chi connectivity index (χ3n) is 2.06. The van der Waals surface area contributed by atoms with Gasteiger partial charge in [0, 0.05) is 17.3 Å². The Morgan fingerprint density at radius 3 is 2.94 bits per heavy atom. The van der Waals surface area contributed by atoms with Crippen molar-refractivity contribution < 1.29 is 4.79 Å². The summed E-state index contributed by atoms with van der Waals surface area (Å²) in [5, 5.41) is 6.04. The fourth-order valence-electron chi connectivity index (χ4n) is 1.13. The van der Waals surface area contributed by atoms with Crippen molar-refractivity contribution in [3.8, 4) is 0 Å². The highest BCUT2D eigenvalue weighted by atomic mass is 35.5. The van der Waals surface area contributed by atoms with Crippen LogP contribution in [0.4, 0.5) is 10.5 Å². The topological polar surface area (TPSA) is 41.1 Å². The van der Waals surface area contributed by atoms with Gasteiger partial charge in [0.1, 0.15) is 0 Å². The monoisotopic (exact) mass is 238 g/mol. The van der Waals surface area contributed by atoms with Crippen LogP contribution in [0, 0.1) is 6.92 Å². The second-order valence-electron chi connectivity index (χ2n) is 3.42. The quantitative estimate of drug-likeness (QED) is 0.613. The molecule has 0 saturated carbocycles. The number of nitrogens with one attached hydrogen (secondary N) is 2. The van der Waals surface area contributed by atoms with Crippen molar-refractivity contribution >= 4 is 23.3 Å². The van der Waals surface area contributed by atoms with E-state index in [0.717, 1.165) is 12.0 Å². The number of anilines is 1. The SMILES string of the molecule is C=CCCNC(=O)Nc1ccc(C)c(Cl)c1. The molecule has 16 heavy (non-hydrogen) atoms. The van der Waals surface area contributed by atoms with E-state index in [-0.39, 0.29) is 6.03 Å². The molecule has 86 valence electrons. The fraction of sp³-hybridized carbons (Fsp3) is 0.250. The van der Waals surface area contributed by atoms with E-state index in [1.165, 1.54) is 0 Å². The molecule has 0 aliphatic rings. The maximum atomic E-state index is 11.4. The molecule has 0 heterocycles. The summed E-state index contributed by atoms with van der Waals surface area (Å²) in [6.07, 6.45) is 2.51. The highest BCUT2D eigenvalue weighted by Gasteiger charge is 2.02. The number of amides is 2. The van der Waals surface area contributed by atoms with Gasteiger partial charge in [0.25, 0.3) is 0 Å². The molecule has 0 bridgehead atoms. The van der Waals surface area contributed by atoms with Gasteiger partial charge in [-0.3, -0.25) is 0 Å². The van der Waals surface area contributed by atoms with Crippen molar-refractivity contribution in [3.05, 3.63) is 41.4 Å². The number of benzene rings is 1. The minimum atomic E-state index is -0.234. The normalized spacial score (nSPS) is 9.62. The molecular formula is C12H15ClN2O. The molecule has 0 saturated heterocycles. The molecule has 1 aromatic rings. The maximum absolute atomic E-state index is 11.4. The zero-order chi connectivity index (χ0) is 12.0. The van der Waals surface area contributed by atoms with Gasteiger partial charge in [-0.15, -0.1) is 6.58 Å². The van der Waals surface area contributed by atoms with Crippen molar-refractivity contribution in [1.82, 2.24) is 5.32 Å². The molecule has 0 fully saturated rings. The molecule has 1 aromatic carbocycles. The summed E-state index contributed by atoms with van der Waals surface area (Å²) in [4.78, 5) is 11.4. The molecule has 4 heteroatoms. The highest BCUT2D eigenvalue weighted by molar-refractivity contribution is 6.31. The van der Waals surface area contributed by atoms with E-state index in [1.54, 1.807) is 12.1 Å². The number of hydrogen-bond acceptors (Lipinski definition) is 1. The molecule has 3 nitrogen and oxygen atoms in total. The van der Waals surface area contributed by atoms with Crippen LogP contribution in [0.25, 0.3) is 0 Å². The molecular weight excluding hydrogens is 224 g/mol. The molecule has 0 radical (unpaired) electrons. The predicted octanol–water partition coefficient (Wildman–Crippen LogP) is 3.35. The van der Waals surface area contributed by atoms with Gasteiger partial charge in [0.2, 0.25) is 0 Å². The van der Waals surface area contributed by atoms with Crippen LogP contribution in [0.1, 0.15) is 12.0 Å². The Hall–Kier alpha value is -1.48. The second-order valence-corrected chi connectivity index (χ2v) is 3.83. The Morgan fingerprint density at radius 2 is 2.31 bits per heavy atom. The summed E-state index contributed by atoms with van der Waals surface area (Å²) in [6.45, 7) is 6.06. The van der Waals surface area contributed by atoms with Crippen molar-refractivity contribution in [2.75, 3.05) is 11.9 Å². The van der Waals surface area contributed by atoms with Crippen LogP contribution in [0.15, 0.2) is 30.9 Å². The summed E-state index contributed by atoms with van der Waals surface area (Å²) in [5.41, 5.74) is 1.67. The van der Waals surface area contributed by atoms with Crippen LogP contribution in [-0.2, 0) is 0 Å². The van der Waals surface area contributed by atoms with E-state index in [0.29, 0.717) is 17.3 Å². The molecule has 2 N–H and O–H groups in total. The number of aryl methyl sites for hydroxylation is 1. The van der Waals surface area contributed by atoms with E-state index in [2.05, 4.69) is 17.2 Å². The third kappa shape index (κ3) is 3.95. The van der Waals surface area contributed by atoms with Crippen molar-refractivity contribution in [2.45, 2.75) is 13.3 Å². The summed E-state index contributed by atoms with van der Waals surface area (Å²) >= 11 is 5.94. The lowest BCUT2D eigenvalue weighted by Crippen LogP contribution is -2.29. The summed E-state index contributed by atoms with van der Waals surface area (Å²) < 4.78 is 0. The van der Waals surface area contributed by atoms with Crippen molar-refractivity contribution in [3.63, 3.8) is 0 Å². The average Bonchev–Trinajstić information content (AvgIpc) is 2.24. The van der Waals surface area contributed by atoms with Gasteiger partial charge in [-0.05, 0) is 31.0 Å². The van der Waals surface area contributed by atoms with Crippen LogP contribution in [0.3, 0.4) is 0 Å². The Bertz CT molecular complexity index is 391. The molecule has 0 aliphatic heterocycles. The van der Waals surface area contributed by atoms with Gasteiger partial charge < -0.3 is 10.6 Å². The first kappa shape index (κ1) is 12.6. The van der Waals surface area contributed by atoms with E-state index in [4.69, 9.17) is 11.6 Å². The zero-order valence-corrected chi connectivity index (χ0v) is 9.97. The first-order valence-corrected chi connectivity index (χ1v) is 5.43. The van der Waals surface area contributed by atoms with Gasteiger partial charge in [-0.2, -0.15) is 0 Å².